The molecular formula is C21H16O10. The molecule has 0 radical (unpaired) electrons. The van der Waals surface area contributed by atoms with Crippen LogP contribution in [0.3, 0.4) is 0 Å². The first kappa shape index (κ1) is 21.5. The highest BCUT2D eigenvalue weighted by Gasteiger charge is 2.21. The van der Waals surface area contributed by atoms with E-state index < -0.39 is 29.3 Å². The molecule has 1 aromatic heterocycles. The third-order valence-electron chi connectivity index (χ3n) is 3.78. The highest BCUT2D eigenvalue weighted by Crippen LogP contribution is 2.36. The lowest BCUT2D eigenvalue weighted by Crippen LogP contribution is -2.12. The predicted molar refractivity (Wildman–Crippen MR) is 105 cm³/mol. The molecule has 1 heterocycles. The van der Waals surface area contributed by atoms with E-state index in [-0.39, 0.29) is 44.9 Å². The van der Waals surface area contributed by atoms with E-state index in [0.717, 1.165) is 13.8 Å². The van der Waals surface area contributed by atoms with Crippen molar-refractivity contribution in [3.63, 3.8) is 0 Å². The lowest BCUT2D eigenvalue weighted by Gasteiger charge is -2.12. The van der Waals surface area contributed by atoms with Gasteiger partial charge in [-0.1, -0.05) is 0 Å². The Kier molecular flexibility index (Phi) is 5.73. The maximum Gasteiger partial charge on any atom is 0.308 e. The van der Waals surface area contributed by atoms with Crippen molar-refractivity contribution in [2.45, 2.75) is 27.7 Å². The van der Waals surface area contributed by atoms with Crippen molar-refractivity contribution in [1.29, 1.82) is 0 Å². The molecule has 0 saturated carbocycles. The Balaban J connectivity index is 2.42. The molecule has 3 rings (SSSR count). The second-order valence-electron chi connectivity index (χ2n) is 6.39. The summed E-state index contributed by atoms with van der Waals surface area (Å²) in [5, 5.41) is -0.292. The molecule has 160 valence electrons. The standard InChI is InChI=1S/C21H16O10/c1-9(22)27-13-5-15(29-11(3)24)19-17(7-13)31-18-8-14(28-10(2)23)6-16(30-12(4)25)20(18)21(19)26/h5-8H,1-4H3. The SMILES string of the molecule is CC(=O)Oc1cc(OC(C)=O)c2c(=O)c3c(OC(C)=O)cc(OC(C)=O)cc3oc2c1. The molecule has 3 aromatic rings. The number of carbonyl (C=O) groups excluding carboxylic acids is 4. The first-order valence-corrected chi connectivity index (χ1v) is 8.87. The number of carbonyl (C=O) groups is 4. The van der Waals surface area contributed by atoms with Crippen molar-refractivity contribution in [2.24, 2.45) is 0 Å². The zero-order valence-corrected chi connectivity index (χ0v) is 16.9. The molecule has 0 saturated heterocycles. The van der Waals surface area contributed by atoms with Crippen LogP contribution in [-0.2, 0) is 19.2 Å². The molecule has 0 N–H and O–H groups in total. The van der Waals surface area contributed by atoms with Gasteiger partial charge in [-0.05, 0) is 0 Å². The minimum absolute atomic E-state index is 0.0323. The number of fused-ring (bicyclic) bond motifs is 2. The van der Waals surface area contributed by atoms with Crippen LogP contribution in [0.15, 0.2) is 33.5 Å². The van der Waals surface area contributed by atoms with Gasteiger partial charge in [-0.25, -0.2) is 0 Å². The molecule has 10 heteroatoms. The Bertz CT molecular complexity index is 1220. The summed E-state index contributed by atoms with van der Waals surface area (Å²) in [5.41, 5.74) is -0.852. The van der Waals surface area contributed by atoms with Gasteiger partial charge >= 0.3 is 23.9 Å². The maximum atomic E-state index is 13.3. The summed E-state index contributed by atoms with van der Waals surface area (Å²) < 4.78 is 26.0. The van der Waals surface area contributed by atoms with Gasteiger partial charge < -0.3 is 23.4 Å². The largest absolute Gasteiger partial charge is 0.455 e. The van der Waals surface area contributed by atoms with Crippen LogP contribution in [0.2, 0.25) is 0 Å². The number of rotatable bonds is 4. The average molecular weight is 428 g/mol. The molecule has 0 aliphatic rings. The quantitative estimate of drug-likeness (QED) is 0.346. The van der Waals surface area contributed by atoms with Crippen molar-refractivity contribution in [3.8, 4) is 23.0 Å². The predicted octanol–water partition coefficient (Wildman–Crippen LogP) is 2.65. The summed E-state index contributed by atoms with van der Waals surface area (Å²) >= 11 is 0. The topological polar surface area (TPSA) is 135 Å². The Morgan fingerprint density at radius 2 is 0.968 bits per heavy atom. The first-order chi connectivity index (χ1) is 14.5. The third-order valence-corrected chi connectivity index (χ3v) is 3.78. The molecule has 31 heavy (non-hydrogen) atoms. The first-order valence-electron chi connectivity index (χ1n) is 8.87. The fourth-order valence-electron chi connectivity index (χ4n) is 2.90. The van der Waals surface area contributed by atoms with Gasteiger partial charge in [0, 0.05) is 52.0 Å². The van der Waals surface area contributed by atoms with Crippen LogP contribution in [-0.4, -0.2) is 23.9 Å². The van der Waals surface area contributed by atoms with Crippen LogP contribution in [0.1, 0.15) is 27.7 Å². The molecular weight excluding hydrogens is 412 g/mol. The smallest absolute Gasteiger partial charge is 0.308 e. The minimum atomic E-state index is -0.730. The van der Waals surface area contributed by atoms with Crippen molar-refractivity contribution >= 4 is 45.8 Å². The highest BCUT2D eigenvalue weighted by atomic mass is 16.6. The third kappa shape index (κ3) is 4.69. The molecule has 10 nitrogen and oxygen atoms in total. The summed E-state index contributed by atoms with van der Waals surface area (Å²) in [4.78, 5) is 59.1. The van der Waals surface area contributed by atoms with E-state index in [9.17, 15) is 24.0 Å². The lowest BCUT2D eigenvalue weighted by atomic mass is 10.1. The molecule has 0 spiro atoms. The van der Waals surface area contributed by atoms with E-state index in [1.807, 2.05) is 0 Å². The molecule has 0 aliphatic carbocycles. The summed E-state index contributed by atoms with van der Waals surface area (Å²) in [6.07, 6.45) is 0. The molecule has 0 fully saturated rings. The molecule has 0 bridgehead atoms. The van der Waals surface area contributed by atoms with Gasteiger partial charge in [-0.3, -0.25) is 24.0 Å². The van der Waals surface area contributed by atoms with Gasteiger partial charge in [0.25, 0.3) is 0 Å². The molecule has 0 unspecified atom stereocenters. The van der Waals surface area contributed by atoms with Crippen LogP contribution in [0.4, 0.5) is 0 Å². The Hall–Kier alpha value is -4.21. The van der Waals surface area contributed by atoms with Gasteiger partial charge in [0.15, 0.2) is 0 Å². The number of hydrogen-bond acceptors (Lipinski definition) is 10. The van der Waals surface area contributed by atoms with Crippen LogP contribution < -0.4 is 24.4 Å². The lowest BCUT2D eigenvalue weighted by molar-refractivity contribution is -0.133. The normalized spacial score (nSPS) is 10.6. The fourth-order valence-corrected chi connectivity index (χ4v) is 2.90. The van der Waals surface area contributed by atoms with Gasteiger partial charge in [0.2, 0.25) is 5.43 Å². The number of ether oxygens (including phenoxy) is 4. The monoisotopic (exact) mass is 428 g/mol. The van der Waals surface area contributed by atoms with Crippen LogP contribution in [0.5, 0.6) is 23.0 Å². The second kappa shape index (κ2) is 8.27. The van der Waals surface area contributed by atoms with Crippen LogP contribution in [0.25, 0.3) is 21.9 Å². The summed E-state index contributed by atoms with van der Waals surface area (Å²) in [6.45, 7) is 4.59. The Morgan fingerprint density at radius 3 is 1.29 bits per heavy atom. The Morgan fingerprint density at radius 1 is 0.613 bits per heavy atom. The van der Waals surface area contributed by atoms with Crippen LogP contribution in [0, 0.1) is 0 Å². The summed E-state index contributed by atoms with van der Waals surface area (Å²) in [7, 11) is 0. The van der Waals surface area contributed by atoms with Gasteiger partial charge in [-0.15, -0.1) is 0 Å². The average Bonchev–Trinajstić information content (AvgIpc) is 2.58. The Labute approximate surface area is 174 Å². The maximum absolute atomic E-state index is 13.3. The fraction of sp³-hybridized carbons (Fsp3) is 0.190. The van der Waals surface area contributed by atoms with Crippen molar-refractivity contribution in [1.82, 2.24) is 0 Å². The van der Waals surface area contributed by atoms with Crippen molar-refractivity contribution < 1.29 is 42.5 Å². The van der Waals surface area contributed by atoms with Crippen molar-refractivity contribution in [3.05, 3.63) is 34.5 Å². The van der Waals surface area contributed by atoms with E-state index in [1.54, 1.807) is 0 Å². The summed E-state index contributed by atoms with van der Waals surface area (Å²) in [6, 6.07) is 4.89. The highest BCUT2D eigenvalue weighted by molar-refractivity contribution is 5.99. The van der Waals surface area contributed by atoms with E-state index in [4.69, 9.17) is 23.4 Å². The zero-order valence-electron chi connectivity index (χ0n) is 16.9. The van der Waals surface area contributed by atoms with Crippen LogP contribution >= 0.6 is 0 Å². The van der Waals surface area contributed by atoms with Gasteiger partial charge in [0.05, 0.1) is 0 Å². The van der Waals surface area contributed by atoms with Gasteiger partial charge in [-0.2, -0.15) is 0 Å². The second-order valence-corrected chi connectivity index (χ2v) is 6.39. The number of hydrogen-bond donors (Lipinski definition) is 0. The number of benzene rings is 2. The van der Waals surface area contributed by atoms with E-state index in [0.29, 0.717) is 0 Å². The van der Waals surface area contributed by atoms with Crippen molar-refractivity contribution in [2.75, 3.05) is 0 Å². The molecule has 0 amide bonds. The minimum Gasteiger partial charge on any atom is -0.455 e. The van der Waals surface area contributed by atoms with E-state index in [2.05, 4.69) is 0 Å². The molecule has 0 aliphatic heterocycles. The molecule has 0 atom stereocenters. The van der Waals surface area contributed by atoms with E-state index >= 15 is 0 Å². The summed E-state index contributed by atoms with van der Waals surface area (Å²) in [5.74, 6) is -3.25. The number of esters is 4. The zero-order chi connectivity index (χ0) is 22.9. The van der Waals surface area contributed by atoms with Gasteiger partial charge in [0.1, 0.15) is 44.9 Å². The van der Waals surface area contributed by atoms with E-state index in [1.165, 1.54) is 38.1 Å². The molecule has 2 aromatic carbocycles.